The molecule has 3 N–H and O–H groups in total. The van der Waals surface area contributed by atoms with Crippen molar-refractivity contribution in [3.8, 4) is 17.0 Å². The van der Waals surface area contributed by atoms with Crippen molar-refractivity contribution in [1.29, 1.82) is 0 Å². The highest BCUT2D eigenvalue weighted by Gasteiger charge is 2.21. The first kappa shape index (κ1) is 17.4. The summed E-state index contributed by atoms with van der Waals surface area (Å²) in [6, 6.07) is 5.14. The molecule has 0 aliphatic heterocycles. The Bertz CT molecular complexity index is 855. The van der Waals surface area contributed by atoms with Crippen molar-refractivity contribution >= 4 is 11.0 Å². The molecule has 0 fully saturated rings. The van der Waals surface area contributed by atoms with Crippen LogP contribution in [0.4, 0.5) is 4.39 Å². The maximum absolute atomic E-state index is 13.4. The Morgan fingerprint density at radius 2 is 2.08 bits per heavy atom. The number of hydrogen-bond donors (Lipinski definition) is 2. The topological polar surface area (TPSA) is 76.8 Å². The van der Waals surface area contributed by atoms with Crippen LogP contribution in [0.3, 0.4) is 0 Å². The van der Waals surface area contributed by atoms with Crippen LogP contribution in [0.1, 0.15) is 27.2 Å². The first-order valence-corrected chi connectivity index (χ1v) is 8.35. The number of aromatic amines is 1. The van der Waals surface area contributed by atoms with Crippen molar-refractivity contribution in [2.24, 2.45) is 11.7 Å². The lowest BCUT2D eigenvalue weighted by atomic mass is 9.93. The van der Waals surface area contributed by atoms with Crippen molar-refractivity contribution < 1.29 is 9.13 Å². The lowest BCUT2D eigenvalue weighted by Gasteiger charge is -2.26. The lowest BCUT2D eigenvalue weighted by molar-refractivity contribution is 0.206. The van der Waals surface area contributed by atoms with Crippen LogP contribution in [0.2, 0.25) is 0 Å². The zero-order chi connectivity index (χ0) is 18.0. The van der Waals surface area contributed by atoms with Gasteiger partial charge in [0.05, 0.1) is 18.1 Å². The Morgan fingerprint density at radius 3 is 2.76 bits per heavy atom. The van der Waals surface area contributed by atoms with Crippen LogP contribution in [0.15, 0.2) is 36.8 Å². The standard InChI is InChI=1S/C19H23FN4O/c1-12(2)7-19(3,21)11-25-14-4-5-17(22-9-14)16-10-24-18-15(16)6-13(20)8-23-18/h4-6,8-10,12H,7,11,21H2,1-3H3,(H,23,24)/t19-/m0/s1. The Morgan fingerprint density at radius 1 is 1.28 bits per heavy atom. The average Bonchev–Trinajstić information content (AvgIpc) is 2.95. The third-order valence-electron chi connectivity index (χ3n) is 3.95. The van der Waals surface area contributed by atoms with Gasteiger partial charge in [-0.05, 0) is 37.5 Å². The van der Waals surface area contributed by atoms with E-state index in [0.29, 0.717) is 29.3 Å². The quantitative estimate of drug-likeness (QED) is 0.712. The first-order chi connectivity index (χ1) is 11.8. The molecule has 3 aromatic heterocycles. The van der Waals surface area contributed by atoms with E-state index in [1.54, 1.807) is 12.4 Å². The summed E-state index contributed by atoms with van der Waals surface area (Å²) >= 11 is 0. The molecule has 0 aliphatic rings. The number of nitrogens with two attached hydrogens (primary N) is 1. The Hall–Kier alpha value is -2.47. The summed E-state index contributed by atoms with van der Waals surface area (Å²) < 4.78 is 19.2. The minimum Gasteiger partial charge on any atom is -0.490 e. The number of hydrogen-bond acceptors (Lipinski definition) is 4. The predicted octanol–water partition coefficient (Wildman–Crippen LogP) is 3.91. The second-order valence-electron chi connectivity index (χ2n) is 7.17. The molecule has 5 nitrogen and oxygen atoms in total. The third-order valence-corrected chi connectivity index (χ3v) is 3.95. The number of nitrogens with zero attached hydrogens (tertiary/aromatic N) is 2. The molecule has 3 heterocycles. The van der Waals surface area contributed by atoms with Gasteiger partial charge in [0.2, 0.25) is 0 Å². The summed E-state index contributed by atoms with van der Waals surface area (Å²) in [5.74, 6) is 0.795. The minimum atomic E-state index is -0.382. The number of ether oxygens (including phenoxy) is 1. The van der Waals surface area contributed by atoms with Crippen LogP contribution in [0, 0.1) is 11.7 Å². The summed E-state index contributed by atoms with van der Waals surface area (Å²) in [5, 5.41) is 0.702. The van der Waals surface area contributed by atoms with E-state index in [2.05, 4.69) is 28.8 Å². The molecule has 0 spiro atoms. The van der Waals surface area contributed by atoms with Gasteiger partial charge in [0.25, 0.3) is 0 Å². The number of aromatic nitrogens is 3. The highest BCUT2D eigenvalue weighted by molar-refractivity contribution is 5.92. The zero-order valence-electron chi connectivity index (χ0n) is 14.7. The SMILES string of the molecule is CC(C)C[C@](C)(N)COc1ccc(-c2c[nH]c3ncc(F)cc23)nc1. The van der Waals surface area contributed by atoms with Crippen LogP contribution in [-0.4, -0.2) is 27.1 Å². The predicted molar refractivity (Wildman–Crippen MR) is 96.8 cm³/mol. The Kier molecular flexibility index (Phi) is 4.72. The number of pyridine rings is 2. The van der Waals surface area contributed by atoms with Gasteiger partial charge in [-0.25, -0.2) is 9.37 Å². The molecule has 0 aromatic carbocycles. The monoisotopic (exact) mass is 342 g/mol. The Labute approximate surface area is 146 Å². The summed E-state index contributed by atoms with van der Waals surface area (Å²) in [6.07, 6.45) is 5.51. The maximum atomic E-state index is 13.4. The van der Waals surface area contributed by atoms with E-state index in [4.69, 9.17) is 10.5 Å². The van der Waals surface area contributed by atoms with Gasteiger partial charge in [-0.2, -0.15) is 0 Å². The number of H-pyrrole nitrogens is 1. The fourth-order valence-electron chi connectivity index (χ4n) is 3.05. The molecule has 0 saturated heterocycles. The molecule has 3 rings (SSSR count). The largest absolute Gasteiger partial charge is 0.490 e. The van der Waals surface area contributed by atoms with Crippen LogP contribution >= 0.6 is 0 Å². The van der Waals surface area contributed by atoms with E-state index in [9.17, 15) is 4.39 Å². The lowest BCUT2D eigenvalue weighted by Crippen LogP contribution is -2.43. The number of halogens is 1. The molecule has 25 heavy (non-hydrogen) atoms. The summed E-state index contributed by atoms with van der Waals surface area (Å²) in [5.41, 5.74) is 8.03. The van der Waals surface area contributed by atoms with Gasteiger partial charge in [0.15, 0.2) is 0 Å². The molecule has 0 radical (unpaired) electrons. The first-order valence-electron chi connectivity index (χ1n) is 8.35. The van der Waals surface area contributed by atoms with Gasteiger partial charge in [-0.3, -0.25) is 4.98 Å². The van der Waals surface area contributed by atoms with Crippen LogP contribution in [0.5, 0.6) is 5.75 Å². The Balaban J connectivity index is 1.75. The molecule has 3 aromatic rings. The van der Waals surface area contributed by atoms with Crippen molar-refractivity contribution in [3.05, 3.63) is 42.6 Å². The van der Waals surface area contributed by atoms with Crippen molar-refractivity contribution in [1.82, 2.24) is 15.0 Å². The highest BCUT2D eigenvalue weighted by atomic mass is 19.1. The van der Waals surface area contributed by atoms with E-state index in [1.165, 1.54) is 12.3 Å². The van der Waals surface area contributed by atoms with Gasteiger partial charge in [0, 0.05) is 22.7 Å². The molecule has 0 aliphatic carbocycles. The molecule has 0 unspecified atom stereocenters. The second-order valence-corrected chi connectivity index (χ2v) is 7.17. The van der Waals surface area contributed by atoms with E-state index in [0.717, 1.165) is 17.7 Å². The van der Waals surface area contributed by atoms with Gasteiger partial charge in [0.1, 0.15) is 23.8 Å². The average molecular weight is 342 g/mol. The molecular formula is C19H23FN4O. The molecule has 132 valence electrons. The summed E-state index contributed by atoms with van der Waals surface area (Å²) in [4.78, 5) is 11.5. The zero-order valence-corrected chi connectivity index (χ0v) is 14.7. The van der Waals surface area contributed by atoms with Crippen molar-refractivity contribution in [2.75, 3.05) is 6.61 Å². The second kappa shape index (κ2) is 6.80. The molecule has 0 amide bonds. The smallest absolute Gasteiger partial charge is 0.142 e. The van der Waals surface area contributed by atoms with Crippen LogP contribution in [0.25, 0.3) is 22.3 Å². The van der Waals surface area contributed by atoms with Crippen LogP contribution in [-0.2, 0) is 0 Å². The normalized spacial score (nSPS) is 14.0. The number of nitrogens with one attached hydrogen (secondary N) is 1. The molecule has 1 atom stereocenters. The van der Waals surface area contributed by atoms with Gasteiger partial charge < -0.3 is 15.5 Å². The van der Waals surface area contributed by atoms with E-state index >= 15 is 0 Å². The van der Waals surface area contributed by atoms with E-state index in [-0.39, 0.29) is 11.4 Å². The van der Waals surface area contributed by atoms with Gasteiger partial charge in [-0.15, -0.1) is 0 Å². The van der Waals surface area contributed by atoms with Gasteiger partial charge in [-0.1, -0.05) is 13.8 Å². The molecule has 0 saturated carbocycles. The molecular weight excluding hydrogens is 319 g/mol. The van der Waals surface area contributed by atoms with Crippen molar-refractivity contribution in [3.63, 3.8) is 0 Å². The minimum absolute atomic E-state index is 0.374. The summed E-state index contributed by atoms with van der Waals surface area (Å²) in [6.45, 7) is 6.69. The van der Waals surface area contributed by atoms with E-state index in [1.807, 2.05) is 19.1 Å². The summed E-state index contributed by atoms with van der Waals surface area (Å²) in [7, 11) is 0. The molecule has 6 heteroatoms. The van der Waals surface area contributed by atoms with Gasteiger partial charge >= 0.3 is 0 Å². The third kappa shape index (κ3) is 4.14. The maximum Gasteiger partial charge on any atom is 0.142 e. The van der Waals surface area contributed by atoms with Crippen LogP contribution < -0.4 is 10.5 Å². The van der Waals surface area contributed by atoms with E-state index < -0.39 is 0 Å². The number of fused-ring (bicyclic) bond motifs is 1. The highest BCUT2D eigenvalue weighted by Crippen LogP contribution is 2.27. The van der Waals surface area contributed by atoms with Crippen molar-refractivity contribution in [2.45, 2.75) is 32.7 Å². The molecule has 0 bridgehead atoms. The fraction of sp³-hybridized carbons (Fsp3) is 0.368. The fourth-order valence-corrected chi connectivity index (χ4v) is 3.05. The number of rotatable bonds is 6.